The van der Waals surface area contributed by atoms with Gasteiger partial charge in [-0.15, -0.1) is 0 Å². The number of aromatic amines is 1. The molecule has 2 fully saturated rings. The van der Waals surface area contributed by atoms with Crippen molar-refractivity contribution in [3.8, 4) is 0 Å². The van der Waals surface area contributed by atoms with Crippen molar-refractivity contribution in [1.29, 1.82) is 0 Å². The molecular weight excluding hydrogens is 328 g/mol. The van der Waals surface area contributed by atoms with Crippen LogP contribution in [-0.4, -0.2) is 46.1 Å². The van der Waals surface area contributed by atoms with Crippen LogP contribution in [0.2, 0.25) is 0 Å². The van der Waals surface area contributed by atoms with Crippen molar-refractivity contribution in [3.63, 3.8) is 0 Å². The van der Waals surface area contributed by atoms with E-state index >= 15 is 0 Å². The van der Waals surface area contributed by atoms with Gasteiger partial charge in [0.05, 0.1) is 11.5 Å². The Hall–Kier alpha value is -2.16. The average molecular weight is 348 g/mol. The van der Waals surface area contributed by atoms with Gasteiger partial charge in [0.2, 0.25) is 5.95 Å². The summed E-state index contributed by atoms with van der Waals surface area (Å²) in [7, 11) is -2.86. The van der Waals surface area contributed by atoms with Crippen molar-refractivity contribution >= 4 is 27.4 Å². The van der Waals surface area contributed by atoms with Crippen molar-refractivity contribution in [2.75, 3.05) is 22.1 Å². The Balaban J connectivity index is 1.39. The molecule has 0 spiro atoms. The van der Waals surface area contributed by atoms with Gasteiger partial charge in [0.25, 0.3) is 0 Å². The van der Waals surface area contributed by atoms with E-state index in [1.807, 2.05) is 6.07 Å². The quantitative estimate of drug-likeness (QED) is 0.755. The first-order valence-electron chi connectivity index (χ1n) is 8.20. The van der Waals surface area contributed by atoms with Crippen molar-refractivity contribution in [2.24, 2.45) is 0 Å². The average Bonchev–Trinajstić information content (AvgIpc) is 3.30. The Morgan fingerprint density at radius 1 is 1.12 bits per heavy atom. The molecule has 9 heteroatoms. The van der Waals surface area contributed by atoms with Crippen LogP contribution in [0.5, 0.6) is 0 Å². The maximum atomic E-state index is 11.5. The summed E-state index contributed by atoms with van der Waals surface area (Å²) < 4.78 is 23.0. The largest absolute Gasteiger partial charge is 0.351 e. The zero-order chi connectivity index (χ0) is 16.6. The lowest BCUT2D eigenvalue weighted by Gasteiger charge is -2.23. The predicted molar refractivity (Wildman–Crippen MR) is 91.2 cm³/mol. The number of hydrogen-bond acceptors (Lipinski definition) is 7. The minimum atomic E-state index is -2.86. The van der Waals surface area contributed by atoms with Crippen LogP contribution in [0.15, 0.2) is 18.3 Å². The highest BCUT2D eigenvalue weighted by Gasteiger charge is 2.26. The highest BCUT2D eigenvalue weighted by Crippen LogP contribution is 2.39. The summed E-state index contributed by atoms with van der Waals surface area (Å²) in [5.74, 6) is 2.97. The summed E-state index contributed by atoms with van der Waals surface area (Å²) in [5.41, 5.74) is 1.16. The van der Waals surface area contributed by atoms with Gasteiger partial charge in [-0.05, 0) is 31.7 Å². The first kappa shape index (κ1) is 15.4. The van der Waals surface area contributed by atoms with E-state index in [-0.39, 0.29) is 17.5 Å². The first-order valence-corrected chi connectivity index (χ1v) is 10.0. The van der Waals surface area contributed by atoms with E-state index < -0.39 is 9.84 Å². The van der Waals surface area contributed by atoms with E-state index in [0.717, 1.165) is 11.5 Å². The Morgan fingerprint density at radius 2 is 1.92 bits per heavy atom. The lowest BCUT2D eigenvalue weighted by atomic mass is 10.2. The Labute approximate surface area is 140 Å². The SMILES string of the molecule is O=S1(=O)CCC(Nc2nccc(Nc3cc(C4CC4)[nH]n3)n2)CC1. The number of rotatable bonds is 5. The van der Waals surface area contributed by atoms with E-state index in [1.54, 1.807) is 12.3 Å². The summed E-state index contributed by atoms with van der Waals surface area (Å²) in [4.78, 5) is 8.65. The third-order valence-electron chi connectivity index (χ3n) is 4.41. The standard InChI is InChI=1S/C15H20N6O2S/c22-24(23)7-4-11(5-8-24)17-15-16-6-3-13(19-15)18-14-9-12(20-21-14)10-1-2-10/h3,6,9-11H,1-2,4-5,7-8H2,(H3,16,17,18,19,20,21). The molecule has 1 aliphatic heterocycles. The number of hydrogen-bond donors (Lipinski definition) is 3. The van der Waals surface area contributed by atoms with E-state index in [2.05, 4.69) is 30.8 Å². The molecule has 2 aromatic rings. The second-order valence-electron chi connectivity index (χ2n) is 6.44. The molecule has 2 aromatic heterocycles. The van der Waals surface area contributed by atoms with Gasteiger partial charge in [-0.1, -0.05) is 0 Å². The Morgan fingerprint density at radius 3 is 2.67 bits per heavy atom. The molecule has 0 unspecified atom stereocenters. The number of aromatic nitrogens is 4. The van der Waals surface area contributed by atoms with Crippen LogP contribution in [0.1, 0.15) is 37.3 Å². The highest BCUT2D eigenvalue weighted by molar-refractivity contribution is 7.91. The lowest BCUT2D eigenvalue weighted by Crippen LogP contribution is -2.32. The van der Waals surface area contributed by atoms with Crippen molar-refractivity contribution in [3.05, 3.63) is 24.0 Å². The van der Waals surface area contributed by atoms with Crippen LogP contribution in [0, 0.1) is 0 Å². The maximum Gasteiger partial charge on any atom is 0.224 e. The third-order valence-corrected chi connectivity index (χ3v) is 6.13. The molecule has 1 saturated heterocycles. The topological polar surface area (TPSA) is 113 Å². The number of nitrogens with one attached hydrogen (secondary N) is 3. The molecular formula is C15H20N6O2S. The van der Waals surface area contributed by atoms with Gasteiger partial charge in [0.15, 0.2) is 5.82 Å². The van der Waals surface area contributed by atoms with Gasteiger partial charge < -0.3 is 10.6 Å². The number of nitrogens with zero attached hydrogens (tertiary/aromatic N) is 3. The van der Waals surface area contributed by atoms with Crippen LogP contribution in [-0.2, 0) is 9.84 Å². The van der Waals surface area contributed by atoms with Gasteiger partial charge >= 0.3 is 0 Å². The van der Waals surface area contributed by atoms with Crippen molar-refractivity contribution in [2.45, 2.75) is 37.6 Å². The Bertz CT molecular complexity index is 816. The maximum absolute atomic E-state index is 11.5. The molecule has 4 rings (SSSR count). The molecule has 0 bridgehead atoms. The van der Waals surface area contributed by atoms with Crippen LogP contribution in [0.4, 0.5) is 17.6 Å². The number of H-pyrrole nitrogens is 1. The van der Waals surface area contributed by atoms with Gasteiger partial charge in [-0.2, -0.15) is 10.1 Å². The van der Waals surface area contributed by atoms with E-state index in [0.29, 0.717) is 30.5 Å². The van der Waals surface area contributed by atoms with Gasteiger partial charge in [-0.3, -0.25) is 5.10 Å². The molecule has 128 valence electrons. The van der Waals surface area contributed by atoms with Crippen LogP contribution in [0.25, 0.3) is 0 Å². The summed E-state index contributed by atoms with van der Waals surface area (Å²) in [5, 5.41) is 13.7. The smallest absolute Gasteiger partial charge is 0.224 e. The zero-order valence-corrected chi connectivity index (χ0v) is 14.0. The summed E-state index contributed by atoms with van der Waals surface area (Å²) in [6, 6.07) is 3.89. The van der Waals surface area contributed by atoms with E-state index in [1.165, 1.54) is 12.8 Å². The molecule has 1 aliphatic carbocycles. The van der Waals surface area contributed by atoms with Crippen LogP contribution in [0.3, 0.4) is 0 Å². The minimum absolute atomic E-state index is 0.0932. The Kier molecular flexibility index (Phi) is 3.87. The number of sulfone groups is 1. The number of anilines is 3. The van der Waals surface area contributed by atoms with Gasteiger partial charge in [0.1, 0.15) is 15.7 Å². The fraction of sp³-hybridized carbons (Fsp3) is 0.533. The molecule has 1 saturated carbocycles. The second kappa shape index (κ2) is 6.04. The van der Waals surface area contributed by atoms with Gasteiger partial charge in [0, 0.05) is 29.9 Å². The zero-order valence-electron chi connectivity index (χ0n) is 13.2. The third kappa shape index (κ3) is 3.66. The highest BCUT2D eigenvalue weighted by atomic mass is 32.2. The molecule has 0 amide bonds. The molecule has 3 N–H and O–H groups in total. The van der Waals surface area contributed by atoms with Crippen molar-refractivity contribution < 1.29 is 8.42 Å². The molecule has 2 aliphatic rings. The van der Waals surface area contributed by atoms with Crippen LogP contribution < -0.4 is 10.6 Å². The predicted octanol–water partition coefficient (Wildman–Crippen LogP) is 1.81. The van der Waals surface area contributed by atoms with Crippen molar-refractivity contribution in [1.82, 2.24) is 20.2 Å². The summed E-state index contributed by atoms with van der Waals surface area (Å²) >= 11 is 0. The van der Waals surface area contributed by atoms with Crippen LogP contribution >= 0.6 is 0 Å². The van der Waals surface area contributed by atoms with E-state index in [9.17, 15) is 8.42 Å². The molecule has 3 heterocycles. The second-order valence-corrected chi connectivity index (χ2v) is 8.75. The molecule has 8 nitrogen and oxygen atoms in total. The molecule has 0 aromatic carbocycles. The summed E-state index contributed by atoms with van der Waals surface area (Å²) in [6.45, 7) is 0. The first-order chi connectivity index (χ1) is 11.6. The minimum Gasteiger partial charge on any atom is -0.351 e. The molecule has 0 radical (unpaired) electrons. The molecule has 24 heavy (non-hydrogen) atoms. The lowest BCUT2D eigenvalue weighted by molar-refractivity contribution is 0.558. The fourth-order valence-corrected chi connectivity index (χ4v) is 4.34. The molecule has 0 atom stereocenters. The summed E-state index contributed by atoms with van der Waals surface area (Å²) in [6.07, 6.45) is 5.30. The van der Waals surface area contributed by atoms with E-state index in [4.69, 9.17) is 0 Å². The fourth-order valence-electron chi connectivity index (χ4n) is 2.85. The normalized spacial score (nSPS) is 20.7. The van der Waals surface area contributed by atoms with Gasteiger partial charge in [-0.25, -0.2) is 13.4 Å². The monoisotopic (exact) mass is 348 g/mol.